The summed E-state index contributed by atoms with van der Waals surface area (Å²) < 4.78 is 11.9. The van der Waals surface area contributed by atoms with Gasteiger partial charge in [0, 0.05) is 0 Å². The number of rotatable bonds is 3. The van der Waals surface area contributed by atoms with Gasteiger partial charge in [-0.1, -0.05) is 6.92 Å². The molecule has 72 valence electrons. The molecule has 1 nitrogen and oxygen atoms in total. The van der Waals surface area contributed by atoms with Crippen molar-refractivity contribution in [2.45, 2.75) is 45.1 Å². The van der Waals surface area contributed by atoms with Gasteiger partial charge in [0.1, 0.15) is 0 Å². The van der Waals surface area contributed by atoms with Gasteiger partial charge in [0.05, 0.1) is 12.8 Å². The van der Waals surface area contributed by atoms with E-state index in [1.165, 1.54) is 0 Å². The van der Waals surface area contributed by atoms with Crippen molar-refractivity contribution in [1.29, 1.82) is 0 Å². The molecule has 0 aliphatic heterocycles. The van der Waals surface area contributed by atoms with Crippen LogP contribution in [-0.4, -0.2) is 17.9 Å². The van der Waals surface area contributed by atoms with E-state index < -0.39 is 0 Å². The zero-order chi connectivity index (χ0) is 8.97. The highest BCUT2D eigenvalue weighted by Crippen LogP contribution is 2.31. The van der Waals surface area contributed by atoms with Crippen LogP contribution in [0.1, 0.15) is 39.0 Å². The summed E-state index contributed by atoms with van der Waals surface area (Å²) in [6.45, 7) is 1.98. The minimum absolute atomic E-state index is 0.159. The quantitative estimate of drug-likeness (QED) is 0.697. The molecule has 1 N–H and O–H groups in total. The highest BCUT2D eigenvalue weighted by Gasteiger charge is 2.26. The Morgan fingerprint density at radius 2 is 2.17 bits per heavy atom. The van der Waals surface area contributed by atoms with E-state index in [4.69, 9.17) is 0 Å². The van der Waals surface area contributed by atoms with Gasteiger partial charge in [0.15, 0.2) is 0 Å². The molecule has 12 heavy (non-hydrogen) atoms. The summed E-state index contributed by atoms with van der Waals surface area (Å²) >= 11 is 0. The number of halogens is 1. The van der Waals surface area contributed by atoms with Crippen molar-refractivity contribution < 1.29 is 9.50 Å². The molecule has 0 amide bonds. The number of aliphatic hydroxyl groups is 1. The fraction of sp³-hybridized carbons (Fsp3) is 1.00. The Hall–Kier alpha value is -0.110. The van der Waals surface area contributed by atoms with E-state index in [-0.39, 0.29) is 12.8 Å². The van der Waals surface area contributed by atoms with Gasteiger partial charge in [-0.25, -0.2) is 0 Å². The van der Waals surface area contributed by atoms with Gasteiger partial charge in [-0.15, -0.1) is 0 Å². The lowest BCUT2D eigenvalue weighted by Gasteiger charge is -2.31. The van der Waals surface area contributed by atoms with E-state index in [9.17, 15) is 9.50 Å². The summed E-state index contributed by atoms with van der Waals surface area (Å²) in [5, 5.41) is 9.59. The smallest absolute Gasteiger partial charge is 0.0894 e. The van der Waals surface area contributed by atoms with E-state index in [0.717, 1.165) is 31.6 Å². The Morgan fingerprint density at radius 3 is 2.83 bits per heavy atom. The minimum Gasteiger partial charge on any atom is -0.393 e. The van der Waals surface area contributed by atoms with E-state index in [0.29, 0.717) is 12.3 Å². The molecule has 2 heteroatoms. The van der Waals surface area contributed by atoms with Crippen molar-refractivity contribution in [3.05, 3.63) is 0 Å². The Bertz CT molecular complexity index is 127. The van der Waals surface area contributed by atoms with E-state index in [2.05, 4.69) is 6.92 Å². The van der Waals surface area contributed by atoms with Crippen molar-refractivity contribution in [2.75, 3.05) is 6.67 Å². The van der Waals surface area contributed by atoms with Crippen LogP contribution in [0.4, 0.5) is 4.39 Å². The van der Waals surface area contributed by atoms with Gasteiger partial charge in [-0.2, -0.15) is 0 Å². The first-order valence-electron chi connectivity index (χ1n) is 4.98. The van der Waals surface area contributed by atoms with Crippen LogP contribution in [0.2, 0.25) is 0 Å². The Labute approximate surface area is 74.0 Å². The lowest BCUT2D eigenvalue weighted by molar-refractivity contribution is 0.0455. The molecule has 1 rings (SSSR count). The fourth-order valence-corrected chi connectivity index (χ4v) is 2.13. The number of hydrogen-bond acceptors (Lipinski definition) is 1. The summed E-state index contributed by atoms with van der Waals surface area (Å²) in [4.78, 5) is 0. The van der Waals surface area contributed by atoms with Gasteiger partial charge >= 0.3 is 0 Å². The van der Waals surface area contributed by atoms with E-state index in [1.807, 2.05) is 0 Å². The van der Waals surface area contributed by atoms with Gasteiger partial charge in [-0.05, 0) is 43.9 Å². The number of alkyl halides is 1. The summed E-state index contributed by atoms with van der Waals surface area (Å²) in [6.07, 6.45) is 4.45. The van der Waals surface area contributed by atoms with E-state index >= 15 is 0 Å². The minimum atomic E-state index is -0.238. The third-order valence-corrected chi connectivity index (χ3v) is 2.91. The molecule has 0 aromatic carbocycles. The second kappa shape index (κ2) is 4.80. The second-order valence-corrected chi connectivity index (χ2v) is 4.08. The Balaban J connectivity index is 2.28. The lowest BCUT2D eigenvalue weighted by atomic mass is 9.78. The standard InChI is InChI=1S/C10H19FO/c1-8-4-5-10(12)9(7-8)3-2-6-11/h8-10,12H,2-7H2,1H3. The molecule has 0 heterocycles. The molecule has 1 saturated carbocycles. The molecule has 0 spiro atoms. The summed E-state index contributed by atoms with van der Waals surface area (Å²) in [6, 6.07) is 0. The third-order valence-electron chi connectivity index (χ3n) is 2.91. The van der Waals surface area contributed by atoms with Crippen LogP contribution in [-0.2, 0) is 0 Å². The van der Waals surface area contributed by atoms with Crippen molar-refractivity contribution in [1.82, 2.24) is 0 Å². The first-order valence-corrected chi connectivity index (χ1v) is 4.98. The molecule has 3 unspecified atom stereocenters. The molecule has 1 aliphatic rings. The predicted octanol–water partition coefficient (Wildman–Crippen LogP) is 2.53. The molecular weight excluding hydrogens is 155 g/mol. The zero-order valence-corrected chi connectivity index (χ0v) is 7.80. The molecule has 1 fully saturated rings. The summed E-state index contributed by atoms with van der Waals surface area (Å²) in [7, 11) is 0. The number of hydrogen-bond donors (Lipinski definition) is 1. The monoisotopic (exact) mass is 174 g/mol. The first kappa shape index (κ1) is 9.97. The maximum Gasteiger partial charge on any atom is 0.0894 e. The lowest BCUT2D eigenvalue weighted by Crippen LogP contribution is -2.28. The molecule has 1 aliphatic carbocycles. The molecule has 0 aromatic heterocycles. The molecule has 0 saturated heterocycles. The van der Waals surface area contributed by atoms with Gasteiger partial charge in [0.2, 0.25) is 0 Å². The summed E-state index contributed by atoms with van der Waals surface area (Å²) in [5.74, 6) is 1.09. The Morgan fingerprint density at radius 1 is 1.42 bits per heavy atom. The normalized spacial score (nSPS) is 36.8. The molecule has 0 radical (unpaired) electrons. The second-order valence-electron chi connectivity index (χ2n) is 4.08. The SMILES string of the molecule is CC1CCC(O)C(CCCF)C1. The summed E-state index contributed by atoms with van der Waals surface area (Å²) in [5.41, 5.74) is 0. The van der Waals surface area contributed by atoms with Crippen molar-refractivity contribution in [3.63, 3.8) is 0 Å². The topological polar surface area (TPSA) is 20.2 Å². The molecule has 3 atom stereocenters. The molecule has 0 bridgehead atoms. The predicted molar refractivity (Wildman–Crippen MR) is 47.7 cm³/mol. The highest BCUT2D eigenvalue weighted by molar-refractivity contribution is 4.77. The fourth-order valence-electron chi connectivity index (χ4n) is 2.13. The Kier molecular flexibility index (Phi) is 3.99. The zero-order valence-electron chi connectivity index (χ0n) is 7.80. The van der Waals surface area contributed by atoms with Crippen LogP contribution >= 0.6 is 0 Å². The highest BCUT2D eigenvalue weighted by atomic mass is 19.1. The van der Waals surface area contributed by atoms with Gasteiger partial charge in [0.25, 0.3) is 0 Å². The van der Waals surface area contributed by atoms with Crippen LogP contribution in [0.25, 0.3) is 0 Å². The maximum absolute atomic E-state index is 11.9. The van der Waals surface area contributed by atoms with Crippen molar-refractivity contribution >= 4 is 0 Å². The van der Waals surface area contributed by atoms with Crippen LogP contribution in [0.15, 0.2) is 0 Å². The third kappa shape index (κ3) is 2.74. The number of aliphatic hydroxyl groups excluding tert-OH is 1. The average Bonchev–Trinajstić information content (AvgIpc) is 2.07. The van der Waals surface area contributed by atoms with Crippen LogP contribution in [0, 0.1) is 11.8 Å². The van der Waals surface area contributed by atoms with E-state index in [1.54, 1.807) is 0 Å². The van der Waals surface area contributed by atoms with Crippen molar-refractivity contribution in [2.24, 2.45) is 11.8 Å². The largest absolute Gasteiger partial charge is 0.393 e. The van der Waals surface area contributed by atoms with Gasteiger partial charge in [-0.3, -0.25) is 4.39 Å². The van der Waals surface area contributed by atoms with Crippen LogP contribution < -0.4 is 0 Å². The molecular formula is C10H19FO. The maximum atomic E-state index is 11.9. The van der Waals surface area contributed by atoms with Crippen molar-refractivity contribution in [3.8, 4) is 0 Å². The average molecular weight is 174 g/mol. The van der Waals surface area contributed by atoms with Gasteiger partial charge < -0.3 is 5.11 Å². The van der Waals surface area contributed by atoms with Crippen LogP contribution in [0.3, 0.4) is 0 Å². The molecule has 0 aromatic rings. The van der Waals surface area contributed by atoms with Crippen LogP contribution in [0.5, 0.6) is 0 Å². The first-order chi connectivity index (χ1) is 5.74.